The molecule has 4 nitrogen and oxygen atoms in total. The highest BCUT2D eigenvalue weighted by Crippen LogP contribution is 2.09. The van der Waals surface area contributed by atoms with E-state index in [9.17, 15) is 4.79 Å². The first-order chi connectivity index (χ1) is 6.76. The maximum absolute atomic E-state index is 11.2. The van der Waals surface area contributed by atoms with Crippen molar-refractivity contribution in [2.45, 2.75) is 45.1 Å². The van der Waals surface area contributed by atoms with Crippen LogP contribution in [0.2, 0.25) is 0 Å². The Kier molecular flexibility index (Phi) is 8.57. The summed E-state index contributed by atoms with van der Waals surface area (Å²) in [5, 5.41) is 0. The summed E-state index contributed by atoms with van der Waals surface area (Å²) < 4.78 is 4.99. The molecule has 84 valence electrons. The second-order valence-corrected chi connectivity index (χ2v) is 3.14. The number of unbranched alkanes of at least 4 members (excludes halogenated alkanes) is 3. The highest BCUT2D eigenvalue weighted by molar-refractivity contribution is 5.73. The Morgan fingerprint density at radius 3 is 2.43 bits per heavy atom. The van der Waals surface area contributed by atoms with Crippen molar-refractivity contribution in [3.05, 3.63) is 0 Å². The zero-order valence-electron chi connectivity index (χ0n) is 9.25. The van der Waals surface area contributed by atoms with Crippen molar-refractivity contribution in [3.63, 3.8) is 0 Å². The van der Waals surface area contributed by atoms with Crippen molar-refractivity contribution in [2.24, 2.45) is 0 Å². The summed E-state index contributed by atoms with van der Waals surface area (Å²) in [6, 6.07) is 0. The fourth-order valence-electron chi connectivity index (χ4n) is 1.22. The van der Waals surface area contributed by atoms with Crippen LogP contribution in [0.15, 0.2) is 0 Å². The van der Waals surface area contributed by atoms with Gasteiger partial charge in [0, 0.05) is 7.11 Å². The van der Waals surface area contributed by atoms with Crippen LogP contribution in [-0.4, -0.2) is 26.3 Å². The minimum atomic E-state index is -0.494. The molecule has 1 atom stereocenters. The molecular formula is C10H20O4. The average Bonchev–Trinajstić information content (AvgIpc) is 2.18. The number of hydrogen-bond donors (Lipinski definition) is 0. The fraction of sp³-hybridized carbons (Fsp3) is 0.900. The fourth-order valence-corrected chi connectivity index (χ4v) is 1.22. The SMILES string of the molecule is CCCCCCC(OC)C(=O)OOC. The van der Waals surface area contributed by atoms with E-state index in [4.69, 9.17) is 4.74 Å². The maximum atomic E-state index is 11.2. The summed E-state index contributed by atoms with van der Waals surface area (Å²) in [5.74, 6) is -0.452. The minimum Gasteiger partial charge on any atom is -0.370 e. The van der Waals surface area contributed by atoms with E-state index in [2.05, 4.69) is 16.7 Å². The van der Waals surface area contributed by atoms with Gasteiger partial charge in [-0.25, -0.2) is 4.79 Å². The average molecular weight is 204 g/mol. The Morgan fingerprint density at radius 1 is 1.21 bits per heavy atom. The van der Waals surface area contributed by atoms with Gasteiger partial charge in [-0.3, -0.25) is 4.89 Å². The summed E-state index contributed by atoms with van der Waals surface area (Å²) >= 11 is 0. The van der Waals surface area contributed by atoms with Crippen LogP contribution >= 0.6 is 0 Å². The molecule has 0 bridgehead atoms. The van der Waals surface area contributed by atoms with Crippen LogP contribution in [0.25, 0.3) is 0 Å². The molecule has 0 aromatic heterocycles. The van der Waals surface area contributed by atoms with Crippen LogP contribution in [0.5, 0.6) is 0 Å². The quantitative estimate of drug-likeness (QED) is 0.345. The third-order valence-corrected chi connectivity index (χ3v) is 2.03. The molecule has 0 aromatic carbocycles. The number of carbonyl (C=O) groups excluding carboxylic acids is 1. The van der Waals surface area contributed by atoms with Crippen molar-refractivity contribution >= 4 is 5.97 Å². The number of ether oxygens (including phenoxy) is 1. The molecule has 0 N–H and O–H groups in total. The molecule has 0 aliphatic rings. The molecule has 0 saturated heterocycles. The van der Waals surface area contributed by atoms with E-state index < -0.39 is 12.1 Å². The van der Waals surface area contributed by atoms with E-state index in [1.807, 2.05) is 0 Å². The van der Waals surface area contributed by atoms with E-state index in [0.29, 0.717) is 6.42 Å². The lowest BCUT2D eigenvalue weighted by Gasteiger charge is -2.11. The predicted octanol–water partition coefficient (Wildman–Crippen LogP) is 2.08. The lowest BCUT2D eigenvalue weighted by molar-refractivity contribution is -0.263. The van der Waals surface area contributed by atoms with Gasteiger partial charge < -0.3 is 4.74 Å². The highest BCUT2D eigenvalue weighted by Gasteiger charge is 2.19. The Bertz CT molecular complexity index is 147. The Labute approximate surface area is 85.5 Å². The summed E-state index contributed by atoms with van der Waals surface area (Å²) in [4.78, 5) is 19.8. The third-order valence-electron chi connectivity index (χ3n) is 2.03. The summed E-state index contributed by atoms with van der Waals surface area (Å²) in [5.41, 5.74) is 0. The molecule has 0 radical (unpaired) electrons. The van der Waals surface area contributed by atoms with E-state index in [1.165, 1.54) is 27.1 Å². The van der Waals surface area contributed by atoms with Crippen LogP contribution in [-0.2, 0) is 19.3 Å². The number of hydrogen-bond acceptors (Lipinski definition) is 4. The van der Waals surface area contributed by atoms with E-state index in [1.54, 1.807) is 0 Å². The van der Waals surface area contributed by atoms with Gasteiger partial charge in [-0.2, -0.15) is 4.89 Å². The highest BCUT2D eigenvalue weighted by atomic mass is 17.2. The number of methoxy groups -OCH3 is 1. The van der Waals surface area contributed by atoms with E-state index in [-0.39, 0.29) is 0 Å². The molecule has 0 amide bonds. The summed E-state index contributed by atoms with van der Waals surface area (Å²) in [7, 11) is 2.81. The summed E-state index contributed by atoms with van der Waals surface area (Å²) in [6.45, 7) is 2.15. The van der Waals surface area contributed by atoms with Crippen molar-refractivity contribution in [2.75, 3.05) is 14.2 Å². The molecule has 0 aliphatic heterocycles. The standard InChI is InChI=1S/C10H20O4/c1-4-5-6-7-8-9(12-2)10(11)14-13-3/h9H,4-8H2,1-3H3. The van der Waals surface area contributed by atoms with Gasteiger partial charge in [0.15, 0.2) is 6.10 Å². The lowest BCUT2D eigenvalue weighted by atomic mass is 10.1. The molecule has 0 aromatic rings. The van der Waals surface area contributed by atoms with Crippen molar-refractivity contribution in [1.82, 2.24) is 0 Å². The Balaban J connectivity index is 3.62. The molecule has 0 fully saturated rings. The Hall–Kier alpha value is -0.610. The zero-order chi connectivity index (χ0) is 10.8. The number of carbonyl (C=O) groups is 1. The Morgan fingerprint density at radius 2 is 1.93 bits per heavy atom. The van der Waals surface area contributed by atoms with Gasteiger partial charge in [-0.1, -0.05) is 32.6 Å². The molecule has 0 heterocycles. The molecule has 4 heteroatoms. The first-order valence-corrected chi connectivity index (χ1v) is 5.03. The van der Waals surface area contributed by atoms with Gasteiger partial charge in [0.2, 0.25) is 0 Å². The molecular weight excluding hydrogens is 184 g/mol. The van der Waals surface area contributed by atoms with Gasteiger partial charge in [-0.05, 0) is 6.42 Å². The monoisotopic (exact) mass is 204 g/mol. The largest absolute Gasteiger partial charge is 0.370 e. The molecule has 0 aliphatic carbocycles. The van der Waals surface area contributed by atoms with Gasteiger partial charge in [0.25, 0.3) is 0 Å². The summed E-state index contributed by atoms with van der Waals surface area (Å²) in [6.07, 6.45) is 4.67. The number of rotatable bonds is 8. The maximum Gasteiger partial charge on any atom is 0.370 e. The normalized spacial score (nSPS) is 12.5. The predicted molar refractivity (Wildman–Crippen MR) is 52.7 cm³/mol. The molecule has 0 spiro atoms. The third kappa shape index (κ3) is 5.94. The van der Waals surface area contributed by atoms with Crippen LogP contribution in [0, 0.1) is 0 Å². The minimum absolute atomic E-state index is 0.452. The second-order valence-electron chi connectivity index (χ2n) is 3.14. The van der Waals surface area contributed by atoms with Gasteiger partial charge in [0.1, 0.15) is 0 Å². The van der Waals surface area contributed by atoms with Crippen LogP contribution in [0.1, 0.15) is 39.0 Å². The van der Waals surface area contributed by atoms with Crippen LogP contribution in [0.3, 0.4) is 0 Å². The van der Waals surface area contributed by atoms with Gasteiger partial charge in [-0.15, -0.1) is 0 Å². The first kappa shape index (κ1) is 13.4. The molecule has 14 heavy (non-hydrogen) atoms. The first-order valence-electron chi connectivity index (χ1n) is 5.03. The van der Waals surface area contributed by atoms with Crippen molar-refractivity contribution < 1.29 is 19.3 Å². The second kappa shape index (κ2) is 8.97. The van der Waals surface area contributed by atoms with Gasteiger partial charge >= 0.3 is 5.97 Å². The van der Waals surface area contributed by atoms with Crippen LogP contribution < -0.4 is 0 Å². The lowest BCUT2D eigenvalue weighted by Crippen LogP contribution is -2.25. The molecule has 0 rings (SSSR count). The van der Waals surface area contributed by atoms with E-state index in [0.717, 1.165) is 12.8 Å². The topological polar surface area (TPSA) is 44.8 Å². The van der Waals surface area contributed by atoms with Crippen molar-refractivity contribution in [3.8, 4) is 0 Å². The molecule has 0 saturated carbocycles. The van der Waals surface area contributed by atoms with Crippen LogP contribution in [0.4, 0.5) is 0 Å². The van der Waals surface area contributed by atoms with E-state index >= 15 is 0 Å². The van der Waals surface area contributed by atoms with Gasteiger partial charge in [0.05, 0.1) is 7.11 Å². The smallest absolute Gasteiger partial charge is 0.370 e. The van der Waals surface area contributed by atoms with Crippen molar-refractivity contribution in [1.29, 1.82) is 0 Å². The molecule has 1 unspecified atom stereocenters. The zero-order valence-corrected chi connectivity index (χ0v) is 9.25.